The number of carboxylic acid groups (broad SMARTS) is 1. The molecule has 0 amide bonds. The highest BCUT2D eigenvalue weighted by atomic mass is 33.1. The van der Waals surface area contributed by atoms with E-state index in [0.29, 0.717) is 5.75 Å². The topological polar surface area (TPSA) is 46.5 Å². The fourth-order valence-corrected chi connectivity index (χ4v) is 3.50. The van der Waals surface area contributed by atoms with E-state index in [1.807, 2.05) is 29.7 Å². The molecule has 0 aromatic heterocycles. The van der Waals surface area contributed by atoms with E-state index in [-0.39, 0.29) is 5.25 Å². The number of rotatable bonds is 4. The number of aliphatic carboxylic acids is 1. The largest absolute Gasteiger partial charge is 0.478 e. The van der Waals surface area contributed by atoms with E-state index in [9.17, 15) is 4.79 Å². The van der Waals surface area contributed by atoms with Crippen LogP contribution in [0.25, 0.3) is 0 Å². The molecule has 1 aromatic rings. The van der Waals surface area contributed by atoms with E-state index in [1.165, 1.54) is 21.6 Å². The van der Waals surface area contributed by atoms with Gasteiger partial charge in [0.1, 0.15) is 5.75 Å². The zero-order valence-electron chi connectivity index (χ0n) is 8.28. The average molecular weight is 254 g/mol. The van der Waals surface area contributed by atoms with Crippen molar-refractivity contribution in [3.63, 3.8) is 0 Å². The lowest BCUT2D eigenvalue weighted by Crippen LogP contribution is -2.35. The molecule has 0 fully saturated rings. The average Bonchev–Trinajstić information content (AvgIpc) is 2.80. The standard InChI is InChI=1S/C11H10O3S2/c12-11(13)10(9-6-7-15-16-9)14-8-4-2-1-3-5-8/h1-7,9-10H,(H,12,13). The Labute approximate surface area is 101 Å². The van der Waals surface area contributed by atoms with Crippen molar-refractivity contribution in [1.82, 2.24) is 0 Å². The van der Waals surface area contributed by atoms with Crippen LogP contribution in [0.5, 0.6) is 5.75 Å². The predicted octanol–water partition coefficient (Wildman–Crippen LogP) is 2.80. The quantitative estimate of drug-likeness (QED) is 0.837. The number of hydrogen-bond acceptors (Lipinski definition) is 4. The summed E-state index contributed by atoms with van der Waals surface area (Å²) in [7, 11) is 3.03. The Morgan fingerprint density at radius 1 is 1.38 bits per heavy atom. The number of ether oxygens (including phenoxy) is 1. The second-order valence-corrected chi connectivity index (χ2v) is 5.53. The van der Waals surface area contributed by atoms with Crippen LogP contribution in [0.2, 0.25) is 0 Å². The van der Waals surface area contributed by atoms with Crippen molar-refractivity contribution >= 4 is 27.6 Å². The Kier molecular flexibility index (Phi) is 3.79. The summed E-state index contributed by atoms with van der Waals surface area (Å²) >= 11 is 0. The van der Waals surface area contributed by atoms with Gasteiger partial charge in [0.05, 0.1) is 5.25 Å². The summed E-state index contributed by atoms with van der Waals surface area (Å²) in [6, 6.07) is 9.02. The predicted molar refractivity (Wildman–Crippen MR) is 66.6 cm³/mol. The minimum atomic E-state index is -0.937. The maximum atomic E-state index is 11.1. The number of benzene rings is 1. The maximum Gasteiger partial charge on any atom is 0.346 e. The molecule has 1 aromatic carbocycles. The molecule has 2 unspecified atom stereocenters. The highest BCUT2D eigenvalue weighted by Gasteiger charge is 2.31. The second-order valence-electron chi connectivity index (χ2n) is 3.18. The number of hydrogen-bond donors (Lipinski definition) is 1. The molecule has 1 N–H and O–H groups in total. The van der Waals surface area contributed by atoms with Crippen LogP contribution in [0, 0.1) is 0 Å². The Balaban J connectivity index is 2.09. The molecule has 0 aliphatic carbocycles. The van der Waals surface area contributed by atoms with Gasteiger partial charge in [-0.2, -0.15) is 0 Å². The number of carbonyl (C=O) groups is 1. The van der Waals surface area contributed by atoms with Crippen LogP contribution in [0.3, 0.4) is 0 Å². The summed E-state index contributed by atoms with van der Waals surface area (Å²) in [4.78, 5) is 11.1. The molecule has 0 saturated carbocycles. The van der Waals surface area contributed by atoms with Gasteiger partial charge >= 0.3 is 5.97 Å². The van der Waals surface area contributed by atoms with Gasteiger partial charge < -0.3 is 9.84 Å². The van der Waals surface area contributed by atoms with Crippen LogP contribution in [-0.2, 0) is 4.79 Å². The number of carboxylic acids is 1. The first-order valence-corrected chi connectivity index (χ1v) is 6.98. The zero-order valence-corrected chi connectivity index (χ0v) is 9.91. The van der Waals surface area contributed by atoms with Crippen LogP contribution in [0.4, 0.5) is 0 Å². The molecule has 3 nitrogen and oxygen atoms in total. The van der Waals surface area contributed by atoms with Crippen molar-refractivity contribution in [3.8, 4) is 5.75 Å². The Hall–Kier alpha value is -1.07. The first kappa shape index (κ1) is 11.4. The van der Waals surface area contributed by atoms with Gasteiger partial charge in [-0.3, -0.25) is 0 Å². The normalized spacial score (nSPS) is 20.6. The third kappa shape index (κ3) is 2.74. The maximum absolute atomic E-state index is 11.1. The van der Waals surface area contributed by atoms with Crippen molar-refractivity contribution < 1.29 is 14.6 Å². The lowest BCUT2D eigenvalue weighted by Gasteiger charge is -2.18. The molecule has 2 atom stereocenters. The second kappa shape index (κ2) is 5.32. The highest BCUT2D eigenvalue weighted by Crippen LogP contribution is 2.38. The molecule has 16 heavy (non-hydrogen) atoms. The molecule has 0 saturated heterocycles. The van der Waals surface area contributed by atoms with Gasteiger partial charge in [0.15, 0.2) is 0 Å². The molecule has 84 valence electrons. The van der Waals surface area contributed by atoms with Crippen molar-refractivity contribution in [3.05, 3.63) is 41.8 Å². The van der Waals surface area contributed by atoms with E-state index in [0.717, 1.165) is 0 Å². The summed E-state index contributed by atoms with van der Waals surface area (Å²) in [6.45, 7) is 0. The Morgan fingerprint density at radius 3 is 2.69 bits per heavy atom. The smallest absolute Gasteiger partial charge is 0.346 e. The highest BCUT2D eigenvalue weighted by molar-refractivity contribution is 8.78. The van der Waals surface area contributed by atoms with Crippen molar-refractivity contribution in [2.45, 2.75) is 11.4 Å². The molecule has 1 aliphatic rings. The van der Waals surface area contributed by atoms with Crippen molar-refractivity contribution in [1.29, 1.82) is 0 Å². The molecule has 0 radical (unpaired) electrons. The third-order valence-corrected chi connectivity index (χ3v) is 4.38. The molecular weight excluding hydrogens is 244 g/mol. The first-order valence-electron chi connectivity index (χ1n) is 4.70. The van der Waals surface area contributed by atoms with Gasteiger partial charge in [-0.25, -0.2) is 4.79 Å². The molecule has 0 bridgehead atoms. The lowest BCUT2D eigenvalue weighted by molar-refractivity contribution is -0.144. The molecule has 0 spiro atoms. The SMILES string of the molecule is O=C(O)C(Oc1ccccc1)C1C=CSS1. The minimum Gasteiger partial charge on any atom is -0.478 e. The fourth-order valence-electron chi connectivity index (χ4n) is 1.29. The molecule has 2 rings (SSSR count). The van der Waals surface area contributed by atoms with Crippen LogP contribution in [0.1, 0.15) is 0 Å². The molecular formula is C11H10O3S2. The number of para-hydroxylation sites is 1. The summed E-state index contributed by atoms with van der Waals surface area (Å²) in [5, 5.41) is 10.9. The fraction of sp³-hybridized carbons (Fsp3) is 0.182. The zero-order chi connectivity index (χ0) is 11.4. The van der Waals surface area contributed by atoms with Crippen LogP contribution < -0.4 is 4.74 Å². The van der Waals surface area contributed by atoms with Gasteiger partial charge in [0, 0.05) is 0 Å². The van der Waals surface area contributed by atoms with E-state index in [2.05, 4.69) is 0 Å². The monoisotopic (exact) mass is 254 g/mol. The summed E-state index contributed by atoms with van der Waals surface area (Å²) < 4.78 is 5.47. The summed E-state index contributed by atoms with van der Waals surface area (Å²) in [5.41, 5.74) is 0. The molecule has 1 heterocycles. The molecule has 1 aliphatic heterocycles. The van der Waals surface area contributed by atoms with E-state index >= 15 is 0 Å². The van der Waals surface area contributed by atoms with Gasteiger partial charge in [-0.05, 0) is 17.5 Å². The van der Waals surface area contributed by atoms with Gasteiger partial charge in [-0.1, -0.05) is 45.9 Å². The third-order valence-electron chi connectivity index (χ3n) is 2.04. The first-order chi connectivity index (χ1) is 7.77. The van der Waals surface area contributed by atoms with Crippen LogP contribution in [0.15, 0.2) is 41.8 Å². The lowest BCUT2D eigenvalue weighted by atomic mass is 10.2. The van der Waals surface area contributed by atoms with Crippen LogP contribution >= 0.6 is 21.6 Å². The summed E-state index contributed by atoms with van der Waals surface area (Å²) in [6.07, 6.45) is 1.02. The van der Waals surface area contributed by atoms with Crippen LogP contribution in [-0.4, -0.2) is 22.4 Å². The van der Waals surface area contributed by atoms with Gasteiger partial charge in [0.25, 0.3) is 0 Å². The Morgan fingerprint density at radius 2 is 2.12 bits per heavy atom. The van der Waals surface area contributed by atoms with Crippen molar-refractivity contribution in [2.24, 2.45) is 0 Å². The summed E-state index contributed by atoms with van der Waals surface area (Å²) in [5.74, 6) is -0.352. The van der Waals surface area contributed by atoms with E-state index < -0.39 is 12.1 Å². The Bertz CT molecular complexity index is 391. The molecule has 5 heteroatoms. The van der Waals surface area contributed by atoms with Gasteiger partial charge in [0.2, 0.25) is 6.10 Å². The minimum absolute atomic E-state index is 0.136. The van der Waals surface area contributed by atoms with Crippen molar-refractivity contribution in [2.75, 3.05) is 0 Å². The van der Waals surface area contributed by atoms with Gasteiger partial charge in [-0.15, -0.1) is 0 Å². The van der Waals surface area contributed by atoms with E-state index in [4.69, 9.17) is 9.84 Å². The van der Waals surface area contributed by atoms with E-state index in [1.54, 1.807) is 12.1 Å².